The maximum absolute atomic E-state index is 12.1. The molecule has 0 N–H and O–H groups in total. The Morgan fingerprint density at radius 3 is 2.63 bits per heavy atom. The maximum atomic E-state index is 12.1. The Hall–Kier alpha value is -1.14. The van der Waals surface area contributed by atoms with Crippen molar-refractivity contribution in [2.45, 2.75) is 20.4 Å². The van der Waals surface area contributed by atoms with E-state index >= 15 is 0 Å². The molecular weight excluding hydrogens is 326 g/mol. The van der Waals surface area contributed by atoms with E-state index in [1.54, 1.807) is 23.6 Å². The summed E-state index contributed by atoms with van der Waals surface area (Å²) >= 11 is 5.02. The van der Waals surface area contributed by atoms with Gasteiger partial charge in [-0.05, 0) is 35.8 Å². The zero-order chi connectivity index (χ0) is 13.8. The summed E-state index contributed by atoms with van der Waals surface area (Å²) in [4.78, 5) is 15.3. The number of halogens is 1. The van der Waals surface area contributed by atoms with Gasteiger partial charge >= 0.3 is 0 Å². The number of rotatable bonds is 5. The highest BCUT2D eigenvalue weighted by Gasteiger charge is 2.06. The fourth-order valence-corrected chi connectivity index (χ4v) is 3.32. The molecule has 0 radical (unpaired) electrons. The Balaban J connectivity index is 2.22. The van der Waals surface area contributed by atoms with Crippen LogP contribution in [0.25, 0.3) is 0 Å². The van der Waals surface area contributed by atoms with E-state index in [4.69, 9.17) is 0 Å². The Kier molecular flexibility index (Phi) is 4.76. The first-order chi connectivity index (χ1) is 9.13. The molecule has 0 aliphatic rings. The summed E-state index contributed by atoms with van der Waals surface area (Å²) in [5, 5.41) is 6.26. The third-order valence-electron chi connectivity index (χ3n) is 2.91. The van der Waals surface area contributed by atoms with Crippen molar-refractivity contribution in [1.29, 1.82) is 0 Å². The summed E-state index contributed by atoms with van der Waals surface area (Å²) in [6.45, 7) is 6.41. The minimum atomic E-state index is -0.0612. The first-order valence-electron chi connectivity index (χ1n) is 6.19. The summed E-state index contributed by atoms with van der Waals surface area (Å²) in [7, 11) is 0. The quantitative estimate of drug-likeness (QED) is 0.839. The number of nitrogens with zero attached hydrogens (tertiary/aromatic N) is 3. The van der Waals surface area contributed by atoms with E-state index in [0.717, 1.165) is 28.1 Å². The van der Waals surface area contributed by atoms with E-state index in [2.05, 4.69) is 39.8 Å². The van der Waals surface area contributed by atoms with Crippen LogP contribution in [0, 0.1) is 0 Å². The van der Waals surface area contributed by atoms with Gasteiger partial charge in [-0.2, -0.15) is 5.10 Å². The van der Waals surface area contributed by atoms with Gasteiger partial charge in [-0.1, -0.05) is 0 Å². The SMILES string of the molecule is CCN(CC)c1cnn(Cc2cc(Br)cs2)c(=O)c1. The van der Waals surface area contributed by atoms with Gasteiger partial charge in [0.25, 0.3) is 5.56 Å². The Bertz CT molecular complexity index is 604. The lowest BCUT2D eigenvalue weighted by molar-refractivity contribution is 0.642. The van der Waals surface area contributed by atoms with Crippen LogP contribution in [-0.2, 0) is 6.54 Å². The Labute approximate surface area is 124 Å². The Morgan fingerprint density at radius 2 is 2.11 bits per heavy atom. The van der Waals surface area contributed by atoms with Crippen LogP contribution in [0.3, 0.4) is 0 Å². The van der Waals surface area contributed by atoms with Crippen molar-refractivity contribution in [3.63, 3.8) is 0 Å². The lowest BCUT2D eigenvalue weighted by Gasteiger charge is -2.20. The van der Waals surface area contributed by atoms with Crippen molar-refractivity contribution >= 4 is 33.0 Å². The first kappa shape index (κ1) is 14.3. The maximum Gasteiger partial charge on any atom is 0.269 e. The summed E-state index contributed by atoms with van der Waals surface area (Å²) in [6, 6.07) is 3.67. The molecule has 0 bridgehead atoms. The number of hydrogen-bond acceptors (Lipinski definition) is 4. The normalized spacial score (nSPS) is 10.7. The highest BCUT2D eigenvalue weighted by atomic mass is 79.9. The molecule has 0 aromatic carbocycles. The fraction of sp³-hybridized carbons (Fsp3) is 0.385. The van der Waals surface area contributed by atoms with Crippen LogP contribution in [0.15, 0.2) is 33.0 Å². The summed E-state index contributed by atoms with van der Waals surface area (Å²) < 4.78 is 2.53. The molecule has 0 aliphatic carbocycles. The molecule has 0 saturated carbocycles. The lowest BCUT2D eigenvalue weighted by atomic mass is 10.4. The molecule has 0 unspecified atom stereocenters. The molecule has 2 aromatic rings. The van der Waals surface area contributed by atoms with Crippen molar-refractivity contribution in [2.24, 2.45) is 0 Å². The van der Waals surface area contributed by atoms with Crippen LogP contribution in [0.1, 0.15) is 18.7 Å². The lowest BCUT2D eigenvalue weighted by Crippen LogP contribution is -2.27. The molecule has 19 heavy (non-hydrogen) atoms. The zero-order valence-corrected chi connectivity index (χ0v) is 13.4. The van der Waals surface area contributed by atoms with Crippen molar-refractivity contribution in [3.05, 3.63) is 43.4 Å². The van der Waals surface area contributed by atoms with E-state index in [1.165, 1.54) is 4.68 Å². The largest absolute Gasteiger partial charge is 0.371 e. The highest BCUT2D eigenvalue weighted by Crippen LogP contribution is 2.20. The fourth-order valence-electron chi connectivity index (χ4n) is 1.89. The molecule has 0 atom stereocenters. The molecule has 0 saturated heterocycles. The van der Waals surface area contributed by atoms with Gasteiger partial charge in [0, 0.05) is 33.9 Å². The van der Waals surface area contributed by atoms with Crippen molar-refractivity contribution in [3.8, 4) is 0 Å². The second-order valence-electron chi connectivity index (χ2n) is 4.11. The predicted molar refractivity (Wildman–Crippen MR) is 83.2 cm³/mol. The Morgan fingerprint density at radius 1 is 1.37 bits per heavy atom. The third-order valence-corrected chi connectivity index (χ3v) is 4.59. The average Bonchev–Trinajstić information content (AvgIpc) is 2.80. The number of anilines is 1. The topological polar surface area (TPSA) is 38.1 Å². The number of thiophene rings is 1. The molecule has 4 nitrogen and oxygen atoms in total. The first-order valence-corrected chi connectivity index (χ1v) is 7.86. The van der Waals surface area contributed by atoms with Crippen LogP contribution in [-0.4, -0.2) is 22.9 Å². The zero-order valence-electron chi connectivity index (χ0n) is 11.0. The van der Waals surface area contributed by atoms with Gasteiger partial charge in [-0.15, -0.1) is 11.3 Å². The number of aromatic nitrogens is 2. The number of hydrogen-bond donors (Lipinski definition) is 0. The molecule has 6 heteroatoms. The molecule has 2 heterocycles. The smallest absolute Gasteiger partial charge is 0.269 e. The van der Waals surface area contributed by atoms with Crippen LogP contribution < -0.4 is 10.5 Å². The summed E-state index contributed by atoms with van der Waals surface area (Å²) in [5.74, 6) is 0. The van der Waals surface area contributed by atoms with Crippen molar-refractivity contribution < 1.29 is 0 Å². The van der Waals surface area contributed by atoms with Crippen LogP contribution >= 0.6 is 27.3 Å². The minimum Gasteiger partial charge on any atom is -0.371 e. The van der Waals surface area contributed by atoms with Gasteiger partial charge in [0.15, 0.2) is 0 Å². The highest BCUT2D eigenvalue weighted by molar-refractivity contribution is 9.10. The van der Waals surface area contributed by atoms with Gasteiger partial charge in [0.2, 0.25) is 0 Å². The average molecular weight is 342 g/mol. The van der Waals surface area contributed by atoms with Crippen LogP contribution in [0.4, 0.5) is 5.69 Å². The summed E-state index contributed by atoms with van der Waals surface area (Å²) in [6.07, 6.45) is 1.76. The van der Waals surface area contributed by atoms with E-state index in [9.17, 15) is 4.79 Å². The third kappa shape index (κ3) is 3.45. The molecular formula is C13H16BrN3OS. The molecule has 2 aromatic heterocycles. The van der Waals surface area contributed by atoms with Crippen molar-refractivity contribution in [1.82, 2.24) is 9.78 Å². The van der Waals surface area contributed by atoms with Gasteiger partial charge in [0.05, 0.1) is 18.4 Å². The van der Waals surface area contributed by atoms with E-state index in [0.29, 0.717) is 6.54 Å². The minimum absolute atomic E-state index is 0.0612. The van der Waals surface area contributed by atoms with Gasteiger partial charge in [-0.25, -0.2) is 4.68 Å². The van der Waals surface area contributed by atoms with E-state index in [-0.39, 0.29) is 5.56 Å². The van der Waals surface area contributed by atoms with Gasteiger partial charge in [-0.3, -0.25) is 4.79 Å². The van der Waals surface area contributed by atoms with Gasteiger partial charge in [0.1, 0.15) is 0 Å². The second kappa shape index (κ2) is 6.34. The molecule has 0 fully saturated rings. The molecule has 0 spiro atoms. The van der Waals surface area contributed by atoms with Crippen LogP contribution in [0.5, 0.6) is 0 Å². The van der Waals surface area contributed by atoms with E-state index in [1.807, 2.05) is 11.4 Å². The standard InChI is InChI=1S/C13H16BrN3OS/c1-3-16(4-2)11-6-13(18)17(15-7-11)8-12-5-10(14)9-19-12/h5-7,9H,3-4,8H2,1-2H3. The molecule has 0 amide bonds. The molecule has 0 aliphatic heterocycles. The monoisotopic (exact) mass is 341 g/mol. The summed E-state index contributed by atoms with van der Waals surface area (Å²) in [5.41, 5.74) is 0.826. The van der Waals surface area contributed by atoms with E-state index < -0.39 is 0 Å². The van der Waals surface area contributed by atoms with Crippen molar-refractivity contribution in [2.75, 3.05) is 18.0 Å². The second-order valence-corrected chi connectivity index (χ2v) is 6.02. The predicted octanol–water partition coefficient (Wildman–Crippen LogP) is 2.96. The molecule has 2 rings (SSSR count). The van der Waals surface area contributed by atoms with Gasteiger partial charge < -0.3 is 4.90 Å². The molecule has 102 valence electrons. The van der Waals surface area contributed by atoms with Crippen LogP contribution in [0.2, 0.25) is 0 Å².